The molecule has 0 aliphatic heterocycles. The first-order valence-corrected chi connectivity index (χ1v) is 11.7. The summed E-state index contributed by atoms with van der Waals surface area (Å²) in [5.74, 6) is 2.36. The maximum absolute atomic E-state index is 11.2. The van der Waals surface area contributed by atoms with Crippen LogP contribution in [0, 0.1) is 46.3 Å². The molecule has 0 aromatic heterocycles. The van der Waals surface area contributed by atoms with Gasteiger partial charge in [-0.25, -0.2) is 0 Å². The Morgan fingerprint density at radius 2 is 1.63 bits per heavy atom. The van der Waals surface area contributed by atoms with Gasteiger partial charge in [0.05, 0.1) is 12.2 Å². The predicted molar refractivity (Wildman–Crippen MR) is 109 cm³/mol. The smallest absolute Gasteiger partial charge is 1.00 e. The van der Waals surface area contributed by atoms with E-state index in [-0.39, 0.29) is 93.3 Å². The van der Waals surface area contributed by atoms with Crippen molar-refractivity contribution >= 4 is 5.97 Å². The van der Waals surface area contributed by atoms with Crippen LogP contribution in [0.4, 0.5) is 0 Å². The van der Waals surface area contributed by atoms with Crippen LogP contribution in [0.25, 0.3) is 0 Å². The Kier molecular flexibility index (Phi) is 9.45. The van der Waals surface area contributed by atoms with Gasteiger partial charge in [-0.2, -0.15) is 0 Å². The fourth-order valence-electron chi connectivity index (χ4n) is 8.73. The Hall–Kier alpha value is 1.32. The Balaban J connectivity index is 0.00000160. The molecule has 4 aliphatic rings. The summed E-state index contributed by atoms with van der Waals surface area (Å²) >= 11 is 0. The molecule has 1 unspecified atom stereocenters. The topological polar surface area (TPSA) is 77.8 Å². The summed E-state index contributed by atoms with van der Waals surface area (Å²) in [5.41, 5.74) is 0.523. The largest absolute Gasteiger partial charge is 1.00 e. The molecule has 0 heterocycles. The van der Waals surface area contributed by atoms with Gasteiger partial charge in [0, 0.05) is 6.42 Å². The molecular formula is C24H40ClKO4. The zero-order valence-corrected chi connectivity index (χ0v) is 23.2. The number of hydrogen-bond acceptors (Lipinski definition) is 3. The van der Waals surface area contributed by atoms with Crippen LogP contribution in [0.1, 0.15) is 85.0 Å². The number of halogens is 1. The van der Waals surface area contributed by atoms with E-state index < -0.39 is 5.97 Å². The summed E-state index contributed by atoms with van der Waals surface area (Å²) in [6.45, 7) is 7.16. The SMILES string of the molecule is C[C@H](CCC(=O)O)[C@H]1CC[C@H]2[C@H]3C(CC[C@]12C)[C@@]1(C)CC[C@@H](O)C[C@H]1C[C@H]3O.[Cl-].[K+]. The van der Waals surface area contributed by atoms with Crippen LogP contribution < -0.4 is 63.8 Å². The van der Waals surface area contributed by atoms with E-state index in [1.54, 1.807) is 0 Å². The molecule has 0 spiro atoms. The molecule has 0 radical (unpaired) electrons. The van der Waals surface area contributed by atoms with Gasteiger partial charge in [-0.15, -0.1) is 0 Å². The molecule has 4 fully saturated rings. The summed E-state index contributed by atoms with van der Waals surface area (Å²) < 4.78 is 0. The molecule has 0 amide bonds. The van der Waals surface area contributed by atoms with Crippen molar-refractivity contribution in [3.05, 3.63) is 0 Å². The fourth-order valence-corrected chi connectivity index (χ4v) is 8.73. The maximum atomic E-state index is 11.2. The van der Waals surface area contributed by atoms with Gasteiger partial charge in [0.25, 0.3) is 0 Å². The number of hydrogen-bond donors (Lipinski definition) is 3. The first-order valence-electron chi connectivity index (χ1n) is 11.7. The van der Waals surface area contributed by atoms with E-state index in [0.717, 1.165) is 32.1 Å². The average molecular weight is 467 g/mol. The average Bonchev–Trinajstić information content (AvgIpc) is 2.98. The molecule has 0 aromatic carbocycles. The third-order valence-corrected chi connectivity index (χ3v) is 10.2. The van der Waals surface area contributed by atoms with E-state index >= 15 is 0 Å². The predicted octanol–water partition coefficient (Wildman–Crippen LogP) is -1.51. The molecule has 4 aliphatic carbocycles. The van der Waals surface area contributed by atoms with Gasteiger partial charge in [0.15, 0.2) is 0 Å². The van der Waals surface area contributed by atoms with Gasteiger partial charge in [-0.3, -0.25) is 4.79 Å². The van der Waals surface area contributed by atoms with E-state index in [0.29, 0.717) is 35.5 Å². The molecule has 30 heavy (non-hydrogen) atoms. The second-order valence-corrected chi connectivity index (χ2v) is 11.4. The molecule has 168 valence electrons. The monoisotopic (exact) mass is 466 g/mol. The first kappa shape index (κ1) is 27.6. The molecule has 4 nitrogen and oxygen atoms in total. The van der Waals surface area contributed by atoms with Gasteiger partial charge >= 0.3 is 57.4 Å². The van der Waals surface area contributed by atoms with Crippen LogP contribution in [0.3, 0.4) is 0 Å². The molecule has 10 atom stereocenters. The molecule has 4 saturated carbocycles. The summed E-state index contributed by atoms with van der Waals surface area (Å²) in [6, 6.07) is 0. The maximum Gasteiger partial charge on any atom is 1.00 e. The van der Waals surface area contributed by atoms with Gasteiger partial charge in [-0.1, -0.05) is 20.8 Å². The number of aliphatic carboxylic acids is 1. The number of aliphatic hydroxyl groups excluding tert-OH is 2. The van der Waals surface area contributed by atoms with Gasteiger partial charge < -0.3 is 27.7 Å². The van der Waals surface area contributed by atoms with Crippen LogP contribution in [0.2, 0.25) is 0 Å². The fraction of sp³-hybridized carbons (Fsp3) is 0.958. The van der Waals surface area contributed by atoms with Crippen LogP contribution in [-0.4, -0.2) is 33.5 Å². The van der Waals surface area contributed by atoms with Crippen molar-refractivity contribution < 1.29 is 83.9 Å². The number of rotatable bonds is 4. The quantitative estimate of drug-likeness (QED) is 0.440. The summed E-state index contributed by atoms with van der Waals surface area (Å²) in [5, 5.41) is 30.5. The van der Waals surface area contributed by atoms with Crippen molar-refractivity contribution in [1.82, 2.24) is 0 Å². The molecule has 3 N–H and O–H groups in total. The van der Waals surface area contributed by atoms with E-state index in [1.165, 1.54) is 25.7 Å². The minimum atomic E-state index is -0.684. The minimum absolute atomic E-state index is 0. The molecular weight excluding hydrogens is 427 g/mol. The van der Waals surface area contributed by atoms with Gasteiger partial charge in [0.1, 0.15) is 0 Å². The number of fused-ring (bicyclic) bond motifs is 5. The standard InChI is InChI=1S/C24H40O4.ClH.K/c1-14(4-7-21(27)28)17-5-6-18-22-19(9-11-24(17,18)3)23(2)10-8-16(25)12-15(23)13-20(22)26;;/h14-20,22,25-26H,4-13H2,1-3H3,(H,27,28);1H;/q;;+1/p-1/t14-,15+,16-,17-,18+,19?,20-,22+,23+,24-;;/m1../s1. The van der Waals surface area contributed by atoms with Gasteiger partial charge in [0.2, 0.25) is 0 Å². The molecule has 0 aromatic rings. The molecule has 0 saturated heterocycles. The number of carbonyl (C=O) groups is 1. The van der Waals surface area contributed by atoms with Crippen LogP contribution in [0.15, 0.2) is 0 Å². The van der Waals surface area contributed by atoms with E-state index in [4.69, 9.17) is 5.11 Å². The first-order chi connectivity index (χ1) is 13.2. The van der Waals surface area contributed by atoms with E-state index in [1.807, 2.05) is 0 Å². The van der Waals surface area contributed by atoms with Crippen molar-refractivity contribution in [3.8, 4) is 0 Å². The second-order valence-electron chi connectivity index (χ2n) is 11.4. The van der Waals surface area contributed by atoms with Crippen molar-refractivity contribution in [2.45, 2.75) is 97.2 Å². The number of carboxylic acids is 1. The third-order valence-electron chi connectivity index (χ3n) is 10.2. The van der Waals surface area contributed by atoms with Crippen molar-refractivity contribution in [2.24, 2.45) is 46.3 Å². The van der Waals surface area contributed by atoms with Crippen LogP contribution in [0.5, 0.6) is 0 Å². The summed E-state index contributed by atoms with van der Waals surface area (Å²) in [6.07, 6.45) is 9.19. The van der Waals surface area contributed by atoms with E-state index in [9.17, 15) is 15.0 Å². The molecule has 0 bridgehead atoms. The normalized spacial score (nSPS) is 48.2. The Labute approximate surface area is 231 Å². The van der Waals surface area contributed by atoms with E-state index in [2.05, 4.69) is 20.8 Å². The van der Waals surface area contributed by atoms with Crippen molar-refractivity contribution in [2.75, 3.05) is 0 Å². The third kappa shape index (κ3) is 4.62. The molecule has 6 heteroatoms. The van der Waals surface area contributed by atoms with Gasteiger partial charge in [-0.05, 0) is 104 Å². The number of carboxylic acid groups (broad SMARTS) is 1. The van der Waals surface area contributed by atoms with Crippen LogP contribution in [-0.2, 0) is 4.79 Å². The second kappa shape index (κ2) is 10.3. The van der Waals surface area contributed by atoms with Crippen molar-refractivity contribution in [3.63, 3.8) is 0 Å². The number of aliphatic hydroxyl groups is 2. The zero-order chi connectivity index (χ0) is 20.3. The Morgan fingerprint density at radius 1 is 1.00 bits per heavy atom. The Morgan fingerprint density at radius 3 is 2.30 bits per heavy atom. The summed E-state index contributed by atoms with van der Waals surface area (Å²) in [4.78, 5) is 11.1. The minimum Gasteiger partial charge on any atom is -1.00 e. The summed E-state index contributed by atoms with van der Waals surface area (Å²) in [7, 11) is 0. The zero-order valence-electron chi connectivity index (χ0n) is 19.3. The molecule has 4 rings (SSSR count). The van der Waals surface area contributed by atoms with Crippen LogP contribution >= 0.6 is 0 Å². The Bertz CT molecular complexity index is 618. The van der Waals surface area contributed by atoms with Crippen molar-refractivity contribution in [1.29, 1.82) is 0 Å².